The number of amides is 1. The first-order valence-corrected chi connectivity index (χ1v) is 8.27. The van der Waals surface area contributed by atoms with Gasteiger partial charge in [0.05, 0.1) is 6.54 Å². The second kappa shape index (κ2) is 6.55. The molecule has 1 amide bonds. The van der Waals surface area contributed by atoms with Crippen molar-refractivity contribution in [2.75, 3.05) is 11.9 Å². The van der Waals surface area contributed by atoms with Crippen molar-refractivity contribution in [3.8, 4) is 0 Å². The van der Waals surface area contributed by atoms with E-state index in [0.717, 1.165) is 24.1 Å². The maximum atomic E-state index is 12.3. The highest BCUT2D eigenvalue weighted by Gasteiger charge is 2.38. The Kier molecular flexibility index (Phi) is 4.49. The number of aryl methyl sites for hydroxylation is 1. The predicted octanol–water partition coefficient (Wildman–Crippen LogP) is 3.91. The molecule has 2 aromatic rings. The van der Waals surface area contributed by atoms with Gasteiger partial charge in [0.25, 0.3) is 0 Å². The minimum atomic E-state index is -0.0275. The number of hydrogen-bond acceptors (Lipinski definition) is 2. The van der Waals surface area contributed by atoms with Gasteiger partial charge in [-0.3, -0.25) is 10.1 Å². The summed E-state index contributed by atoms with van der Waals surface area (Å²) >= 11 is 0. The van der Waals surface area contributed by atoms with Crippen molar-refractivity contribution in [2.24, 2.45) is 0 Å². The fraction of sp³-hybridized carbons (Fsp3) is 0.350. The van der Waals surface area contributed by atoms with E-state index >= 15 is 0 Å². The summed E-state index contributed by atoms with van der Waals surface area (Å²) in [6.07, 6.45) is 3.39. The molecule has 0 heterocycles. The average molecular weight is 308 g/mol. The molecule has 3 heteroatoms. The highest BCUT2D eigenvalue weighted by molar-refractivity contribution is 5.93. The van der Waals surface area contributed by atoms with Crippen LogP contribution in [-0.4, -0.2) is 12.5 Å². The van der Waals surface area contributed by atoms with Gasteiger partial charge in [-0.2, -0.15) is 0 Å². The molecule has 23 heavy (non-hydrogen) atoms. The third-order valence-electron chi connectivity index (χ3n) is 5.00. The zero-order valence-corrected chi connectivity index (χ0v) is 13.9. The molecule has 0 radical (unpaired) electrons. The summed E-state index contributed by atoms with van der Waals surface area (Å²) < 4.78 is 0. The smallest absolute Gasteiger partial charge is 0.238 e. The van der Waals surface area contributed by atoms with Crippen LogP contribution in [0.1, 0.15) is 36.0 Å². The lowest BCUT2D eigenvalue weighted by atomic mass is 9.72. The van der Waals surface area contributed by atoms with E-state index in [9.17, 15) is 4.79 Å². The minimum absolute atomic E-state index is 0.0147. The second-order valence-corrected chi connectivity index (χ2v) is 6.45. The van der Waals surface area contributed by atoms with Crippen molar-refractivity contribution in [3.05, 3.63) is 65.2 Å². The fourth-order valence-corrected chi connectivity index (χ4v) is 3.19. The van der Waals surface area contributed by atoms with Crippen molar-refractivity contribution in [3.63, 3.8) is 0 Å². The maximum absolute atomic E-state index is 12.3. The molecular weight excluding hydrogens is 284 g/mol. The van der Waals surface area contributed by atoms with Gasteiger partial charge in [0.1, 0.15) is 0 Å². The third kappa shape index (κ3) is 3.30. The SMILES string of the molecule is Cc1cccc(NC(=O)CNC2(c3ccccc3)CCC2)c1C. The van der Waals surface area contributed by atoms with E-state index in [1.54, 1.807) is 0 Å². The molecule has 3 rings (SSSR count). The van der Waals surface area contributed by atoms with Gasteiger partial charge in [-0.05, 0) is 55.9 Å². The van der Waals surface area contributed by atoms with Crippen LogP contribution in [0.2, 0.25) is 0 Å². The second-order valence-electron chi connectivity index (χ2n) is 6.45. The number of carbonyl (C=O) groups is 1. The summed E-state index contributed by atoms with van der Waals surface area (Å²) in [4.78, 5) is 12.3. The monoisotopic (exact) mass is 308 g/mol. The van der Waals surface area contributed by atoms with Crippen molar-refractivity contribution in [2.45, 2.75) is 38.6 Å². The standard InChI is InChI=1S/C20H24N2O/c1-15-8-6-11-18(16(15)2)22-19(23)14-21-20(12-7-13-20)17-9-4-3-5-10-17/h3-6,8-11,21H,7,12-14H2,1-2H3,(H,22,23). The van der Waals surface area contributed by atoms with E-state index in [2.05, 4.69) is 47.9 Å². The first-order chi connectivity index (χ1) is 11.1. The molecule has 0 bridgehead atoms. The number of hydrogen-bond donors (Lipinski definition) is 2. The molecule has 1 aliphatic carbocycles. The Morgan fingerprint density at radius 1 is 1.04 bits per heavy atom. The lowest BCUT2D eigenvalue weighted by molar-refractivity contribution is -0.116. The lowest BCUT2D eigenvalue weighted by Gasteiger charge is -2.43. The van der Waals surface area contributed by atoms with Gasteiger partial charge in [-0.25, -0.2) is 0 Å². The van der Waals surface area contributed by atoms with Crippen LogP contribution in [0, 0.1) is 13.8 Å². The van der Waals surface area contributed by atoms with Crippen LogP contribution >= 0.6 is 0 Å². The highest BCUT2D eigenvalue weighted by Crippen LogP contribution is 2.40. The number of carbonyl (C=O) groups excluding carboxylic acids is 1. The normalized spacial score (nSPS) is 15.7. The van der Waals surface area contributed by atoms with Crippen LogP contribution in [0.25, 0.3) is 0 Å². The molecule has 0 aliphatic heterocycles. The molecule has 2 N–H and O–H groups in total. The molecule has 1 saturated carbocycles. The van der Waals surface area contributed by atoms with Crippen LogP contribution in [0.15, 0.2) is 48.5 Å². The molecule has 0 spiro atoms. The summed E-state index contributed by atoms with van der Waals surface area (Å²) in [5.74, 6) is 0.0147. The van der Waals surface area contributed by atoms with Gasteiger partial charge >= 0.3 is 0 Å². The summed E-state index contributed by atoms with van der Waals surface area (Å²) in [5, 5.41) is 6.51. The van der Waals surface area contributed by atoms with E-state index in [1.165, 1.54) is 17.5 Å². The van der Waals surface area contributed by atoms with E-state index in [1.807, 2.05) is 25.1 Å². The van der Waals surface area contributed by atoms with Gasteiger partial charge in [-0.15, -0.1) is 0 Å². The van der Waals surface area contributed by atoms with Gasteiger partial charge in [0.15, 0.2) is 0 Å². The van der Waals surface area contributed by atoms with Crippen molar-refractivity contribution in [1.29, 1.82) is 0 Å². The van der Waals surface area contributed by atoms with Gasteiger partial charge in [0, 0.05) is 11.2 Å². The zero-order valence-electron chi connectivity index (χ0n) is 13.9. The predicted molar refractivity (Wildman–Crippen MR) is 94.5 cm³/mol. The number of rotatable bonds is 5. The van der Waals surface area contributed by atoms with Crippen molar-refractivity contribution >= 4 is 11.6 Å². The third-order valence-corrected chi connectivity index (χ3v) is 5.00. The average Bonchev–Trinajstić information content (AvgIpc) is 2.52. The largest absolute Gasteiger partial charge is 0.325 e. The van der Waals surface area contributed by atoms with Crippen molar-refractivity contribution < 1.29 is 4.79 Å². The molecule has 2 aromatic carbocycles. The molecule has 0 atom stereocenters. The van der Waals surface area contributed by atoms with Crippen LogP contribution in [0.3, 0.4) is 0 Å². The van der Waals surface area contributed by atoms with Gasteiger partial charge in [-0.1, -0.05) is 42.5 Å². The first-order valence-electron chi connectivity index (χ1n) is 8.27. The molecule has 1 fully saturated rings. The van der Waals surface area contributed by atoms with E-state index in [-0.39, 0.29) is 11.4 Å². The Hall–Kier alpha value is -2.13. The van der Waals surface area contributed by atoms with E-state index < -0.39 is 0 Å². The van der Waals surface area contributed by atoms with Crippen LogP contribution in [-0.2, 0) is 10.3 Å². The topological polar surface area (TPSA) is 41.1 Å². The Morgan fingerprint density at radius 2 is 1.78 bits per heavy atom. The lowest BCUT2D eigenvalue weighted by Crippen LogP contribution is -2.50. The maximum Gasteiger partial charge on any atom is 0.238 e. The summed E-state index contributed by atoms with van der Waals surface area (Å²) in [7, 11) is 0. The molecule has 120 valence electrons. The van der Waals surface area contributed by atoms with Crippen LogP contribution in [0.4, 0.5) is 5.69 Å². The van der Waals surface area contributed by atoms with E-state index in [0.29, 0.717) is 6.54 Å². The molecule has 0 saturated heterocycles. The quantitative estimate of drug-likeness (QED) is 0.879. The van der Waals surface area contributed by atoms with Gasteiger partial charge in [0.2, 0.25) is 5.91 Å². The summed E-state index contributed by atoms with van der Waals surface area (Å²) in [6, 6.07) is 16.4. The number of benzene rings is 2. The molecule has 3 nitrogen and oxygen atoms in total. The molecular formula is C20H24N2O. The molecule has 1 aliphatic rings. The molecule has 0 aromatic heterocycles. The fourth-order valence-electron chi connectivity index (χ4n) is 3.19. The minimum Gasteiger partial charge on any atom is -0.325 e. The number of anilines is 1. The summed E-state index contributed by atoms with van der Waals surface area (Å²) in [6.45, 7) is 4.43. The highest BCUT2D eigenvalue weighted by atomic mass is 16.1. The molecule has 0 unspecified atom stereocenters. The Balaban J connectivity index is 1.63. The van der Waals surface area contributed by atoms with Crippen molar-refractivity contribution in [1.82, 2.24) is 5.32 Å². The van der Waals surface area contributed by atoms with Crippen LogP contribution < -0.4 is 10.6 Å². The Morgan fingerprint density at radius 3 is 2.43 bits per heavy atom. The summed E-state index contributed by atoms with van der Waals surface area (Å²) in [5.41, 5.74) is 4.47. The first kappa shape index (κ1) is 15.8. The Labute approximate surface area is 138 Å². The van der Waals surface area contributed by atoms with Gasteiger partial charge < -0.3 is 5.32 Å². The van der Waals surface area contributed by atoms with Crippen LogP contribution in [0.5, 0.6) is 0 Å². The Bertz CT molecular complexity index is 690. The van der Waals surface area contributed by atoms with E-state index in [4.69, 9.17) is 0 Å². The zero-order chi connectivity index (χ0) is 16.3. The number of nitrogens with one attached hydrogen (secondary N) is 2.